The van der Waals surface area contributed by atoms with Crippen molar-refractivity contribution < 1.29 is 14.6 Å². The number of thiazole rings is 1. The molecule has 3 rings (SSSR count). The molecule has 1 aliphatic heterocycles. The number of ether oxygens (including phenoxy) is 2. The van der Waals surface area contributed by atoms with Gasteiger partial charge >= 0.3 is 0 Å². The molecular formula is C10H8ClNO3S. The quantitative estimate of drug-likeness (QED) is 0.850. The Bertz CT molecular complexity index is 542. The molecule has 1 N–H and O–H groups in total. The first-order chi connectivity index (χ1) is 7.78. The van der Waals surface area contributed by atoms with Crippen LogP contribution in [0.15, 0.2) is 12.1 Å². The first-order valence-corrected chi connectivity index (χ1v) is 5.96. The Kier molecular flexibility index (Phi) is 2.38. The minimum absolute atomic E-state index is 0.0546. The molecule has 0 fully saturated rings. The van der Waals surface area contributed by atoms with E-state index in [0.717, 1.165) is 10.2 Å². The van der Waals surface area contributed by atoms with E-state index in [2.05, 4.69) is 4.98 Å². The highest BCUT2D eigenvalue weighted by Gasteiger charge is 2.23. The number of hydrogen-bond acceptors (Lipinski definition) is 5. The zero-order valence-electron chi connectivity index (χ0n) is 8.14. The van der Waals surface area contributed by atoms with Gasteiger partial charge < -0.3 is 14.6 Å². The fourth-order valence-electron chi connectivity index (χ4n) is 1.63. The first-order valence-electron chi connectivity index (χ1n) is 4.77. The summed E-state index contributed by atoms with van der Waals surface area (Å²) >= 11 is 7.21. The maximum Gasteiger partial charge on any atom is 0.184 e. The maximum atomic E-state index is 9.00. The van der Waals surface area contributed by atoms with Gasteiger partial charge in [0.2, 0.25) is 0 Å². The zero-order valence-corrected chi connectivity index (χ0v) is 9.72. The number of nitrogens with zero attached hydrogens (tertiary/aromatic N) is 1. The van der Waals surface area contributed by atoms with Gasteiger partial charge in [-0.15, -0.1) is 0 Å². The van der Waals surface area contributed by atoms with Crippen molar-refractivity contribution in [3.63, 3.8) is 0 Å². The number of hydrogen-bond donors (Lipinski definition) is 1. The molecule has 2 aromatic rings. The van der Waals surface area contributed by atoms with Gasteiger partial charge in [0.05, 0.1) is 12.1 Å². The van der Waals surface area contributed by atoms with Crippen LogP contribution in [0.2, 0.25) is 4.47 Å². The fraction of sp³-hybridized carbons (Fsp3) is 0.300. The van der Waals surface area contributed by atoms with Gasteiger partial charge in [0.15, 0.2) is 22.1 Å². The molecule has 1 aromatic carbocycles. The second-order valence-corrected chi connectivity index (χ2v) is 5.02. The number of aliphatic hydroxyl groups is 1. The van der Waals surface area contributed by atoms with E-state index in [1.165, 1.54) is 11.3 Å². The molecule has 0 aliphatic carbocycles. The third-order valence-electron chi connectivity index (χ3n) is 2.36. The van der Waals surface area contributed by atoms with Crippen LogP contribution in [0.3, 0.4) is 0 Å². The van der Waals surface area contributed by atoms with Gasteiger partial charge in [0.25, 0.3) is 0 Å². The highest BCUT2D eigenvalue weighted by atomic mass is 35.5. The minimum atomic E-state index is -0.298. The molecule has 0 radical (unpaired) electrons. The SMILES string of the molecule is OC[C@H]1COc2c(ccc3nc(Cl)sc23)O1. The van der Waals surface area contributed by atoms with Crippen LogP contribution in [0, 0.1) is 0 Å². The standard InChI is InChI=1S/C10H8ClNO3S/c11-10-12-6-1-2-7-8(9(6)16-10)14-4-5(3-13)15-7/h1-2,5,13H,3-4H2/t5-/m0/s1. The van der Waals surface area contributed by atoms with Gasteiger partial charge in [0, 0.05) is 0 Å². The summed E-state index contributed by atoms with van der Waals surface area (Å²) in [4.78, 5) is 4.16. The molecule has 0 saturated heterocycles. The summed E-state index contributed by atoms with van der Waals surface area (Å²) in [7, 11) is 0. The molecule has 4 nitrogen and oxygen atoms in total. The number of rotatable bonds is 1. The molecule has 2 heterocycles. The lowest BCUT2D eigenvalue weighted by Crippen LogP contribution is -2.32. The van der Waals surface area contributed by atoms with E-state index >= 15 is 0 Å². The van der Waals surface area contributed by atoms with Gasteiger partial charge in [0.1, 0.15) is 11.3 Å². The smallest absolute Gasteiger partial charge is 0.184 e. The monoisotopic (exact) mass is 257 g/mol. The van der Waals surface area contributed by atoms with Crippen molar-refractivity contribution in [1.29, 1.82) is 0 Å². The summed E-state index contributed by atoms with van der Waals surface area (Å²) in [6, 6.07) is 3.62. The minimum Gasteiger partial charge on any atom is -0.484 e. The third kappa shape index (κ3) is 1.52. The van der Waals surface area contributed by atoms with Crippen LogP contribution in [-0.2, 0) is 0 Å². The van der Waals surface area contributed by atoms with Gasteiger partial charge in [-0.2, -0.15) is 0 Å². The molecule has 0 amide bonds. The maximum absolute atomic E-state index is 9.00. The second-order valence-electron chi connectivity index (χ2n) is 3.44. The fourth-order valence-corrected chi connectivity index (χ4v) is 2.74. The van der Waals surface area contributed by atoms with E-state index in [-0.39, 0.29) is 12.7 Å². The van der Waals surface area contributed by atoms with Crippen LogP contribution in [0.1, 0.15) is 0 Å². The molecule has 1 aromatic heterocycles. The van der Waals surface area contributed by atoms with Crippen LogP contribution in [0.5, 0.6) is 11.5 Å². The van der Waals surface area contributed by atoms with Crippen molar-refractivity contribution in [3.8, 4) is 11.5 Å². The van der Waals surface area contributed by atoms with Crippen molar-refractivity contribution in [2.45, 2.75) is 6.10 Å². The third-order valence-corrected chi connectivity index (χ3v) is 3.54. The largest absolute Gasteiger partial charge is 0.484 e. The van der Waals surface area contributed by atoms with Crippen molar-refractivity contribution in [1.82, 2.24) is 4.98 Å². The average molecular weight is 258 g/mol. The zero-order chi connectivity index (χ0) is 11.1. The molecule has 0 unspecified atom stereocenters. The van der Waals surface area contributed by atoms with Gasteiger partial charge in [-0.3, -0.25) is 0 Å². The van der Waals surface area contributed by atoms with Crippen LogP contribution < -0.4 is 9.47 Å². The highest BCUT2D eigenvalue weighted by Crippen LogP contribution is 2.42. The van der Waals surface area contributed by atoms with Crippen molar-refractivity contribution in [3.05, 3.63) is 16.6 Å². The lowest BCUT2D eigenvalue weighted by molar-refractivity contribution is 0.0469. The second kappa shape index (κ2) is 3.76. The Morgan fingerprint density at radius 3 is 3.25 bits per heavy atom. The summed E-state index contributed by atoms with van der Waals surface area (Å²) in [5, 5.41) is 9.00. The van der Waals surface area contributed by atoms with Gasteiger partial charge in [-0.1, -0.05) is 22.9 Å². The Morgan fingerprint density at radius 1 is 1.56 bits per heavy atom. The summed E-state index contributed by atoms with van der Waals surface area (Å²) in [6.45, 7) is 0.291. The normalized spacial score (nSPS) is 19.0. The topological polar surface area (TPSA) is 51.6 Å². The van der Waals surface area contributed by atoms with E-state index in [1.807, 2.05) is 6.07 Å². The number of benzene rings is 1. The Labute approximate surface area is 100 Å². The van der Waals surface area contributed by atoms with Crippen molar-refractivity contribution >= 4 is 33.2 Å². The molecule has 1 atom stereocenters. The van der Waals surface area contributed by atoms with E-state index < -0.39 is 0 Å². The predicted octanol–water partition coefficient (Wildman–Crippen LogP) is 2.08. The molecule has 84 valence electrons. The van der Waals surface area contributed by atoms with Gasteiger partial charge in [-0.05, 0) is 12.1 Å². The van der Waals surface area contributed by atoms with Gasteiger partial charge in [-0.25, -0.2) is 4.98 Å². The number of fused-ring (bicyclic) bond motifs is 3. The molecule has 0 bridgehead atoms. The number of halogens is 1. The van der Waals surface area contributed by atoms with Crippen LogP contribution >= 0.6 is 22.9 Å². The lowest BCUT2D eigenvalue weighted by Gasteiger charge is -2.25. The average Bonchev–Trinajstić information content (AvgIpc) is 2.69. The molecule has 0 spiro atoms. The summed E-state index contributed by atoms with van der Waals surface area (Å²) in [5.41, 5.74) is 0.805. The summed E-state index contributed by atoms with van der Waals surface area (Å²) in [5.74, 6) is 1.31. The van der Waals surface area contributed by atoms with Crippen LogP contribution in [0.25, 0.3) is 10.2 Å². The Balaban J connectivity index is 2.13. The molecule has 16 heavy (non-hydrogen) atoms. The molecule has 0 saturated carbocycles. The molecule has 6 heteroatoms. The van der Waals surface area contributed by atoms with Crippen LogP contribution in [-0.4, -0.2) is 29.4 Å². The van der Waals surface area contributed by atoms with E-state index in [1.54, 1.807) is 6.07 Å². The molecule has 1 aliphatic rings. The summed E-state index contributed by atoms with van der Waals surface area (Å²) in [6.07, 6.45) is -0.298. The van der Waals surface area contributed by atoms with Crippen molar-refractivity contribution in [2.24, 2.45) is 0 Å². The Morgan fingerprint density at radius 2 is 2.44 bits per heavy atom. The highest BCUT2D eigenvalue weighted by molar-refractivity contribution is 7.22. The van der Waals surface area contributed by atoms with Crippen molar-refractivity contribution in [2.75, 3.05) is 13.2 Å². The van der Waals surface area contributed by atoms with E-state index in [4.69, 9.17) is 26.2 Å². The predicted molar refractivity (Wildman–Crippen MR) is 61.6 cm³/mol. The molecular weight excluding hydrogens is 250 g/mol. The van der Waals surface area contributed by atoms with E-state index in [0.29, 0.717) is 22.6 Å². The lowest BCUT2D eigenvalue weighted by atomic mass is 10.2. The Hall–Kier alpha value is -1.04. The number of aliphatic hydroxyl groups excluding tert-OH is 1. The number of aromatic nitrogens is 1. The van der Waals surface area contributed by atoms with E-state index in [9.17, 15) is 0 Å². The van der Waals surface area contributed by atoms with Crippen LogP contribution in [0.4, 0.5) is 0 Å². The summed E-state index contributed by atoms with van der Waals surface area (Å²) < 4.78 is 12.5. The first kappa shape index (κ1) is 10.1.